The molecule has 0 heterocycles. The number of aliphatic hydroxyl groups is 1. The van der Waals surface area contributed by atoms with Crippen LogP contribution >= 0.6 is 0 Å². The molecule has 6 nitrogen and oxygen atoms in total. The molecule has 1 N–H and O–H groups in total. The molecule has 0 radical (unpaired) electrons. The lowest BCUT2D eigenvalue weighted by molar-refractivity contribution is -0.284. The van der Waals surface area contributed by atoms with Crippen LogP contribution in [0.25, 0.3) is 0 Å². The van der Waals surface area contributed by atoms with Crippen LogP contribution in [-0.2, 0) is 22.4 Å². The fraction of sp³-hybridized carbons (Fsp3) is 0.875. The highest BCUT2D eigenvalue weighted by molar-refractivity contribution is 6.74. The summed E-state index contributed by atoms with van der Waals surface area (Å²) in [6, 6.07) is 0. The van der Waals surface area contributed by atoms with Crippen molar-refractivity contribution >= 4 is 17.1 Å². The molecule has 8 heteroatoms. The maximum Gasteiger partial charge on any atom is 0.506 e. The van der Waals surface area contributed by atoms with Gasteiger partial charge in [-0.05, 0) is 56.2 Å². The van der Waals surface area contributed by atoms with E-state index in [9.17, 15) is 5.11 Å². The molecular weight excluding hydrogens is 537 g/mol. The lowest BCUT2D eigenvalue weighted by Gasteiger charge is -2.64. The molecule has 3 aliphatic rings. The molecule has 0 aliphatic heterocycles. The summed E-state index contributed by atoms with van der Waals surface area (Å²) in [5.41, 5.74) is -1.79. The summed E-state index contributed by atoms with van der Waals surface area (Å²) in [6.07, 6.45) is 9.34. The summed E-state index contributed by atoms with van der Waals surface area (Å²) >= 11 is 0. The Kier molecular flexibility index (Phi) is 10.4. The van der Waals surface area contributed by atoms with Crippen LogP contribution in [0.15, 0.2) is 12.7 Å². The average Bonchev–Trinajstić information content (AvgIpc) is 2.88. The van der Waals surface area contributed by atoms with Gasteiger partial charge in [-0.1, -0.05) is 78.7 Å². The van der Waals surface area contributed by atoms with Crippen molar-refractivity contribution in [1.29, 1.82) is 0 Å². The van der Waals surface area contributed by atoms with Gasteiger partial charge in [-0.3, -0.25) is 0 Å². The third kappa shape index (κ3) is 6.10. The van der Waals surface area contributed by atoms with E-state index in [1.54, 1.807) is 27.4 Å². The molecule has 0 aromatic heterocycles. The molecular formula is C32H58O6Si2. The molecule has 230 valence electrons. The summed E-state index contributed by atoms with van der Waals surface area (Å²) in [5.74, 6) is 7.73. The van der Waals surface area contributed by atoms with Gasteiger partial charge in [0.1, 0.15) is 17.3 Å². The van der Waals surface area contributed by atoms with Crippen LogP contribution in [0.4, 0.5) is 0 Å². The molecule has 1 unspecified atom stereocenters. The van der Waals surface area contributed by atoms with Gasteiger partial charge >= 0.3 is 8.80 Å². The van der Waals surface area contributed by atoms with Crippen molar-refractivity contribution in [1.82, 2.24) is 0 Å². The van der Waals surface area contributed by atoms with Crippen LogP contribution in [0.2, 0.25) is 23.2 Å². The Morgan fingerprint density at radius 3 is 2.02 bits per heavy atom. The van der Waals surface area contributed by atoms with Crippen LogP contribution in [0.5, 0.6) is 0 Å². The van der Waals surface area contributed by atoms with Gasteiger partial charge in [0.2, 0.25) is 0 Å². The zero-order valence-electron chi connectivity index (χ0n) is 27.3. The zero-order chi connectivity index (χ0) is 30.2. The van der Waals surface area contributed by atoms with Crippen LogP contribution in [0, 0.1) is 29.6 Å². The van der Waals surface area contributed by atoms with Gasteiger partial charge in [0, 0.05) is 32.3 Å². The summed E-state index contributed by atoms with van der Waals surface area (Å²) in [7, 11) is -0.00435. The Morgan fingerprint density at radius 1 is 0.950 bits per heavy atom. The molecule has 0 aromatic carbocycles. The van der Waals surface area contributed by atoms with E-state index >= 15 is 0 Å². The van der Waals surface area contributed by atoms with Gasteiger partial charge in [0.15, 0.2) is 8.32 Å². The van der Waals surface area contributed by atoms with Gasteiger partial charge in [0.25, 0.3) is 0 Å². The highest BCUT2D eigenvalue weighted by Crippen LogP contribution is 2.60. The summed E-state index contributed by atoms with van der Waals surface area (Å²) < 4.78 is 32.2. The van der Waals surface area contributed by atoms with E-state index in [1.165, 1.54) is 19.3 Å². The first-order valence-electron chi connectivity index (χ1n) is 15.3. The Labute approximate surface area is 247 Å². The quantitative estimate of drug-likeness (QED) is 0.174. The van der Waals surface area contributed by atoms with Gasteiger partial charge in [-0.2, -0.15) is 0 Å². The zero-order valence-corrected chi connectivity index (χ0v) is 29.3. The normalized spacial score (nSPS) is 32.9. The summed E-state index contributed by atoms with van der Waals surface area (Å²) in [4.78, 5) is 0. The number of rotatable bonds is 9. The second kappa shape index (κ2) is 12.2. The molecule has 0 spiro atoms. The first-order valence-corrected chi connectivity index (χ1v) is 20.0. The fourth-order valence-electron chi connectivity index (χ4n) is 7.01. The Morgan fingerprint density at radius 2 is 1.55 bits per heavy atom. The van der Waals surface area contributed by atoms with Crippen LogP contribution < -0.4 is 0 Å². The Balaban J connectivity index is 2.05. The number of hydrogen-bond donors (Lipinski definition) is 1. The molecule has 6 atom stereocenters. The molecule has 0 saturated heterocycles. The molecule has 0 amide bonds. The summed E-state index contributed by atoms with van der Waals surface area (Å²) in [6.45, 7) is 21.8. The van der Waals surface area contributed by atoms with Crippen molar-refractivity contribution in [2.75, 3.05) is 21.3 Å². The minimum atomic E-state index is -3.05. The molecule has 3 rings (SSSR count). The van der Waals surface area contributed by atoms with Crippen molar-refractivity contribution in [3.8, 4) is 11.8 Å². The van der Waals surface area contributed by atoms with Crippen molar-refractivity contribution in [2.45, 2.75) is 139 Å². The SMILES string of the molecule is C=CC1(O)C[C@H]2[C@H](C#C[C@@H](O[Si](C)(C)C(C)(C)C)C3CCCCC3)[C@@H](O[Si](OC)(OC)C(C)(C)C)CC[C@]21OC. The third-order valence-corrected chi connectivity index (χ3v) is 18.6. The predicted molar refractivity (Wildman–Crippen MR) is 166 cm³/mol. The highest BCUT2D eigenvalue weighted by atomic mass is 28.4. The molecule has 3 saturated carbocycles. The van der Waals surface area contributed by atoms with Gasteiger partial charge in [-0.15, -0.1) is 6.58 Å². The van der Waals surface area contributed by atoms with Gasteiger partial charge in [0.05, 0.1) is 12.0 Å². The number of methoxy groups -OCH3 is 1. The maximum atomic E-state index is 11.5. The Hall–Kier alpha value is -0.506. The monoisotopic (exact) mass is 594 g/mol. The number of ether oxygens (including phenoxy) is 1. The van der Waals surface area contributed by atoms with Gasteiger partial charge in [-0.25, -0.2) is 0 Å². The molecule has 40 heavy (non-hydrogen) atoms. The fourth-order valence-corrected chi connectivity index (χ4v) is 10.9. The standard InChI is InChI=1S/C32H58O6Si2/c1-13-31(33)23-26-25(19-20-27(24-17-15-14-16-18-24)37-39(11,12)29(2,3)4)28(21-22-32(26,31)34-8)38-40(35-9,36-10)30(5,6)7/h13,24-28,33H,1,14-18,21-23H2,2-12H3/t25-,26-,27+,28-,31?,32-/m0/s1. The van der Waals surface area contributed by atoms with E-state index in [-0.39, 0.29) is 34.1 Å². The van der Waals surface area contributed by atoms with E-state index in [0.29, 0.717) is 25.2 Å². The van der Waals surface area contributed by atoms with Gasteiger partial charge < -0.3 is 27.5 Å². The second-order valence-electron chi connectivity index (χ2n) is 15.0. The minimum Gasteiger partial charge on any atom is -0.403 e. The van der Waals surface area contributed by atoms with Crippen LogP contribution in [0.1, 0.15) is 92.9 Å². The average molecular weight is 595 g/mol. The van der Waals surface area contributed by atoms with E-state index in [1.807, 2.05) is 0 Å². The predicted octanol–water partition coefficient (Wildman–Crippen LogP) is 7.11. The van der Waals surface area contributed by atoms with E-state index in [4.69, 9.17) is 22.4 Å². The molecule has 0 aromatic rings. The van der Waals surface area contributed by atoms with Crippen molar-refractivity contribution in [2.24, 2.45) is 17.8 Å². The van der Waals surface area contributed by atoms with Crippen molar-refractivity contribution < 1.29 is 27.5 Å². The van der Waals surface area contributed by atoms with Crippen molar-refractivity contribution in [3.63, 3.8) is 0 Å². The lowest BCUT2D eigenvalue weighted by atomic mass is 9.48. The number of fused-ring (bicyclic) bond motifs is 1. The minimum absolute atomic E-state index is 0.00649. The smallest absolute Gasteiger partial charge is 0.403 e. The first-order chi connectivity index (χ1) is 18.5. The van der Waals surface area contributed by atoms with Crippen LogP contribution in [-0.4, -0.2) is 67.0 Å². The molecule has 0 bridgehead atoms. The summed E-state index contributed by atoms with van der Waals surface area (Å²) in [5, 5.41) is 11.3. The van der Waals surface area contributed by atoms with E-state index in [2.05, 4.69) is 73.1 Å². The molecule has 3 aliphatic carbocycles. The van der Waals surface area contributed by atoms with E-state index in [0.717, 1.165) is 12.8 Å². The largest absolute Gasteiger partial charge is 0.506 e. The van der Waals surface area contributed by atoms with E-state index < -0.39 is 28.3 Å². The topological polar surface area (TPSA) is 66.4 Å². The first kappa shape index (κ1) is 34.0. The van der Waals surface area contributed by atoms with Crippen LogP contribution in [0.3, 0.4) is 0 Å². The molecule has 3 fully saturated rings. The third-order valence-electron chi connectivity index (χ3n) is 10.7. The Bertz CT molecular complexity index is 934. The maximum absolute atomic E-state index is 11.5. The number of hydrogen-bond acceptors (Lipinski definition) is 6. The van der Waals surface area contributed by atoms with Crippen molar-refractivity contribution in [3.05, 3.63) is 12.7 Å². The lowest BCUT2D eigenvalue weighted by Crippen LogP contribution is -2.74. The second-order valence-corrected chi connectivity index (χ2v) is 23.4. The highest BCUT2D eigenvalue weighted by Gasteiger charge is 2.69.